The molecule has 0 amide bonds. The average molecular weight is 272 g/mol. The Morgan fingerprint density at radius 3 is 2.63 bits per heavy atom. The van der Waals surface area contributed by atoms with Crippen LogP contribution in [0.15, 0.2) is 41.8 Å². The fraction of sp³-hybridized carbons (Fsp3) is 0.0769. The monoisotopic (exact) mass is 272 g/mol. The Bertz CT molecular complexity index is 673. The van der Waals surface area contributed by atoms with E-state index in [2.05, 4.69) is 10.1 Å². The Kier molecular flexibility index (Phi) is 2.92. The number of thiophene rings is 1. The van der Waals surface area contributed by atoms with Crippen LogP contribution in [-0.2, 0) is 0 Å². The predicted octanol–water partition coefficient (Wildman–Crippen LogP) is 2.59. The molecule has 0 saturated heterocycles. The van der Waals surface area contributed by atoms with Gasteiger partial charge in [0.2, 0.25) is 0 Å². The van der Waals surface area contributed by atoms with Crippen molar-refractivity contribution in [2.24, 2.45) is 0 Å². The van der Waals surface area contributed by atoms with Crippen molar-refractivity contribution in [3.8, 4) is 22.4 Å². The number of hydrogen-bond donors (Lipinski definition) is 1. The van der Waals surface area contributed by atoms with Crippen molar-refractivity contribution in [1.29, 1.82) is 0 Å². The van der Waals surface area contributed by atoms with Gasteiger partial charge in [0, 0.05) is 5.69 Å². The Balaban J connectivity index is 2.14. The highest BCUT2D eigenvalue weighted by Crippen LogP contribution is 2.27. The molecule has 0 unspecified atom stereocenters. The minimum atomic E-state index is 0.347. The van der Waals surface area contributed by atoms with Crippen molar-refractivity contribution in [1.82, 2.24) is 14.8 Å². The third-order valence-electron chi connectivity index (χ3n) is 2.65. The first-order valence-corrected chi connectivity index (χ1v) is 6.57. The zero-order valence-corrected chi connectivity index (χ0v) is 11.1. The van der Waals surface area contributed by atoms with E-state index in [1.807, 2.05) is 41.8 Å². The molecule has 3 rings (SSSR count). The number of nitrogens with zero attached hydrogens (tertiary/aromatic N) is 3. The van der Waals surface area contributed by atoms with Gasteiger partial charge in [-0.1, -0.05) is 6.07 Å². The first kappa shape index (κ1) is 11.7. The molecule has 1 aromatic carbocycles. The van der Waals surface area contributed by atoms with E-state index in [9.17, 15) is 0 Å². The summed E-state index contributed by atoms with van der Waals surface area (Å²) in [6.45, 7) is 0. The van der Waals surface area contributed by atoms with Crippen molar-refractivity contribution in [2.45, 2.75) is 0 Å². The zero-order valence-electron chi connectivity index (χ0n) is 10.3. The van der Waals surface area contributed by atoms with Gasteiger partial charge in [-0.3, -0.25) is 0 Å². The second-order valence-corrected chi connectivity index (χ2v) is 4.85. The molecule has 2 aromatic heterocycles. The Morgan fingerprint density at radius 1 is 1.21 bits per heavy atom. The molecule has 0 aliphatic rings. The third-order valence-corrected chi connectivity index (χ3v) is 3.52. The van der Waals surface area contributed by atoms with E-state index in [4.69, 9.17) is 10.5 Å². The molecule has 0 fully saturated rings. The third kappa shape index (κ3) is 2.17. The standard InChI is InChI=1S/C13H12N4OS/c1-18-13-15-12(11-3-2-8-19-11)17(16-13)10-6-4-9(14)5-7-10/h2-8H,14H2,1H3. The van der Waals surface area contributed by atoms with Crippen LogP contribution in [-0.4, -0.2) is 21.9 Å². The first-order chi connectivity index (χ1) is 9.28. The summed E-state index contributed by atoms with van der Waals surface area (Å²) < 4.78 is 6.87. The number of ether oxygens (including phenoxy) is 1. The van der Waals surface area contributed by atoms with Gasteiger partial charge in [-0.05, 0) is 35.7 Å². The van der Waals surface area contributed by atoms with E-state index in [1.165, 1.54) is 0 Å². The Morgan fingerprint density at radius 2 is 2.00 bits per heavy atom. The maximum atomic E-state index is 5.70. The molecule has 0 aliphatic heterocycles. The van der Waals surface area contributed by atoms with Crippen LogP contribution in [0.3, 0.4) is 0 Å². The molecule has 6 heteroatoms. The van der Waals surface area contributed by atoms with Crippen LogP contribution in [0.1, 0.15) is 0 Å². The van der Waals surface area contributed by atoms with Gasteiger partial charge in [0.15, 0.2) is 5.82 Å². The summed E-state index contributed by atoms with van der Waals surface area (Å²) in [6.07, 6.45) is 0. The predicted molar refractivity (Wildman–Crippen MR) is 75.6 cm³/mol. The quantitative estimate of drug-likeness (QED) is 0.744. The normalized spacial score (nSPS) is 10.6. The molecular weight excluding hydrogens is 260 g/mol. The van der Waals surface area contributed by atoms with Crippen molar-refractivity contribution < 1.29 is 4.74 Å². The lowest BCUT2D eigenvalue weighted by molar-refractivity contribution is 0.380. The second kappa shape index (κ2) is 4.74. The van der Waals surface area contributed by atoms with Crippen LogP contribution in [0.5, 0.6) is 6.01 Å². The summed E-state index contributed by atoms with van der Waals surface area (Å²) in [6, 6.07) is 11.8. The van der Waals surface area contributed by atoms with Crippen LogP contribution >= 0.6 is 11.3 Å². The lowest BCUT2D eigenvalue weighted by Crippen LogP contribution is -1.99. The van der Waals surface area contributed by atoms with Crippen molar-refractivity contribution in [3.05, 3.63) is 41.8 Å². The highest BCUT2D eigenvalue weighted by atomic mass is 32.1. The fourth-order valence-corrected chi connectivity index (χ4v) is 2.44. The van der Waals surface area contributed by atoms with Gasteiger partial charge in [0.25, 0.3) is 0 Å². The summed E-state index contributed by atoms with van der Waals surface area (Å²) in [5.74, 6) is 0.761. The summed E-state index contributed by atoms with van der Waals surface area (Å²) in [4.78, 5) is 5.41. The zero-order chi connectivity index (χ0) is 13.2. The second-order valence-electron chi connectivity index (χ2n) is 3.90. The molecule has 0 bridgehead atoms. The number of anilines is 1. The van der Waals surface area contributed by atoms with Gasteiger partial charge in [-0.25, -0.2) is 4.68 Å². The molecule has 0 saturated carbocycles. The molecule has 0 aliphatic carbocycles. The number of benzene rings is 1. The van der Waals surface area contributed by atoms with Crippen molar-refractivity contribution in [2.75, 3.05) is 12.8 Å². The molecule has 0 radical (unpaired) electrons. The van der Waals surface area contributed by atoms with Crippen molar-refractivity contribution in [3.63, 3.8) is 0 Å². The SMILES string of the molecule is COc1nc(-c2cccs2)n(-c2ccc(N)cc2)n1. The number of methoxy groups -OCH3 is 1. The number of rotatable bonds is 3. The minimum Gasteiger partial charge on any atom is -0.466 e. The highest BCUT2D eigenvalue weighted by Gasteiger charge is 2.14. The number of nitrogen functional groups attached to an aromatic ring is 1. The van der Waals surface area contributed by atoms with E-state index in [1.54, 1.807) is 23.1 Å². The van der Waals surface area contributed by atoms with Gasteiger partial charge in [-0.2, -0.15) is 4.98 Å². The summed E-state index contributed by atoms with van der Waals surface area (Å²) in [5.41, 5.74) is 7.31. The van der Waals surface area contributed by atoms with Gasteiger partial charge in [0.05, 0.1) is 17.7 Å². The highest BCUT2D eigenvalue weighted by molar-refractivity contribution is 7.13. The largest absolute Gasteiger partial charge is 0.466 e. The number of nitrogens with two attached hydrogens (primary N) is 1. The lowest BCUT2D eigenvalue weighted by atomic mass is 10.3. The fourth-order valence-electron chi connectivity index (χ4n) is 1.74. The van der Waals surface area contributed by atoms with Gasteiger partial charge < -0.3 is 10.5 Å². The van der Waals surface area contributed by atoms with Crippen LogP contribution in [0.4, 0.5) is 5.69 Å². The topological polar surface area (TPSA) is 66.0 Å². The Labute approximate surface area is 114 Å². The molecule has 2 heterocycles. The van der Waals surface area contributed by atoms with E-state index in [0.717, 1.165) is 16.4 Å². The molecule has 0 atom stereocenters. The van der Waals surface area contributed by atoms with Crippen LogP contribution < -0.4 is 10.5 Å². The van der Waals surface area contributed by atoms with E-state index < -0.39 is 0 Å². The lowest BCUT2D eigenvalue weighted by Gasteiger charge is -2.04. The number of aromatic nitrogens is 3. The van der Waals surface area contributed by atoms with E-state index in [0.29, 0.717) is 11.7 Å². The van der Waals surface area contributed by atoms with Crippen LogP contribution in [0, 0.1) is 0 Å². The van der Waals surface area contributed by atoms with Crippen LogP contribution in [0.2, 0.25) is 0 Å². The van der Waals surface area contributed by atoms with Gasteiger partial charge in [-0.15, -0.1) is 16.4 Å². The number of hydrogen-bond acceptors (Lipinski definition) is 5. The maximum absolute atomic E-state index is 5.70. The average Bonchev–Trinajstić information content (AvgIpc) is 3.08. The minimum absolute atomic E-state index is 0.347. The van der Waals surface area contributed by atoms with Crippen molar-refractivity contribution >= 4 is 17.0 Å². The summed E-state index contributed by atoms with van der Waals surface area (Å²) in [5, 5.41) is 6.34. The smallest absolute Gasteiger partial charge is 0.336 e. The Hall–Kier alpha value is -2.34. The maximum Gasteiger partial charge on any atom is 0.336 e. The van der Waals surface area contributed by atoms with E-state index >= 15 is 0 Å². The molecule has 2 N–H and O–H groups in total. The molecule has 19 heavy (non-hydrogen) atoms. The van der Waals surface area contributed by atoms with Gasteiger partial charge >= 0.3 is 6.01 Å². The van der Waals surface area contributed by atoms with E-state index in [-0.39, 0.29) is 0 Å². The summed E-state index contributed by atoms with van der Waals surface area (Å²) >= 11 is 1.61. The first-order valence-electron chi connectivity index (χ1n) is 5.69. The molecule has 0 spiro atoms. The molecule has 3 aromatic rings. The molecular formula is C13H12N4OS. The van der Waals surface area contributed by atoms with Crippen LogP contribution in [0.25, 0.3) is 16.4 Å². The molecule has 5 nitrogen and oxygen atoms in total. The summed E-state index contributed by atoms with van der Waals surface area (Å²) in [7, 11) is 1.56. The molecule has 96 valence electrons. The van der Waals surface area contributed by atoms with Gasteiger partial charge in [0.1, 0.15) is 0 Å².